The van der Waals surface area contributed by atoms with E-state index in [1.165, 1.54) is 11.3 Å². The molecule has 4 atom stereocenters. The molecule has 0 saturated carbocycles. The molecule has 292 valence electrons. The molecule has 2 aliphatic heterocycles. The van der Waals surface area contributed by atoms with Gasteiger partial charge >= 0.3 is 5.97 Å². The summed E-state index contributed by atoms with van der Waals surface area (Å²) in [7, 11) is 0. The summed E-state index contributed by atoms with van der Waals surface area (Å²) in [6.45, 7) is 0. The third kappa shape index (κ3) is 11.7. The Morgan fingerprint density at radius 2 is 1.11 bits per heavy atom. The molecule has 3 heterocycles. The molecular formula is C44H43N5O7S. The molecule has 0 saturated heterocycles. The summed E-state index contributed by atoms with van der Waals surface area (Å²) in [5.74, 6) is -4.28. The quantitative estimate of drug-likeness (QED) is 0.126. The number of anilines is 1. The topological polar surface area (TPSA) is 183 Å². The van der Waals surface area contributed by atoms with E-state index in [0.29, 0.717) is 22.4 Å². The van der Waals surface area contributed by atoms with Crippen LogP contribution < -0.4 is 26.6 Å². The van der Waals surface area contributed by atoms with Gasteiger partial charge in [-0.25, -0.2) is 4.79 Å². The van der Waals surface area contributed by atoms with E-state index in [0.717, 1.165) is 16.0 Å². The van der Waals surface area contributed by atoms with Crippen molar-refractivity contribution in [3.63, 3.8) is 0 Å². The molecule has 5 amide bonds. The number of carboxylic acid groups (broad SMARTS) is 1. The monoisotopic (exact) mass is 785 g/mol. The highest BCUT2D eigenvalue weighted by Crippen LogP contribution is 2.21. The van der Waals surface area contributed by atoms with Crippen molar-refractivity contribution in [2.24, 2.45) is 0 Å². The molecule has 2 bridgehead atoms. The predicted octanol–water partition coefficient (Wildman–Crippen LogP) is 4.44. The first-order valence-corrected chi connectivity index (χ1v) is 19.5. The summed E-state index contributed by atoms with van der Waals surface area (Å²) in [6, 6.07) is 31.5. The Morgan fingerprint density at radius 3 is 1.70 bits per heavy atom. The number of carbonyl (C=O) groups is 6. The SMILES string of the molecule is O=C1CCC(=O)N[C@@H](Cc2cccs2)C(=O)N[C@@H](Cc2ccc(-c3ccccc3)cc2)C(=O)N[C@@H](Cc2ccccc2)C(=O)N[C@H](C(=O)O)Cc2ccc(cc2)N1. The zero-order valence-corrected chi connectivity index (χ0v) is 31.8. The fraction of sp³-hybridized carbons (Fsp3) is 0.227. The number of hydrogen-bond acceptors (Lipinski definition) is 7. The first kappa shape index (κ1) is 40.1. The Bertz CT molecular complexity index is 2160. The number of aliphatic carboxylic acids is 1. The van der Waals surface area contributed by atoms with Crippen LogP contribution in [0.4, 0.5) is 5.69 Å². The molecule has 1 aromatic heterocycles. The minimum Gasteiger partial charge on any atom is -0.480 e. The van der Waals surface area contributed by atoms with Gasteiger partial charge in [-0.2, -0.15) is 0 Å². The number of carbonyl (C=O) groups excluding carboxylic acids is 5. The van der Waals surface area contributed by atoms with Crippen molar-refractivity contribution in [3.8, 4) is 11.1 Å². The normalized spacial score (nSPS) is 19.9. The predicted molar refractivity (Wildman–Crippen MR) is 217 cm³/mol. The van der Waals surface area contributed by atoms with E-state index < -0.39 is 59.7 Å². The van der Waals surface area contributed by atoms with Gasteiger partial charge in [0, 0.05) is 49.1 Å². The van der Waals surface area contributed by atoms with E-state index in [1.54, 1.807) is 48.5 Å². The molecule has 13 heteroatoms. The van der Waals surface area contributed by atoms with E-state index >= 15 is 0 Å². The van der Waals surface area contributed by atoms with Crippen LogP contribution in [0.15, 0.2) is 127 Å². The molecule has 0 aliphatic carbocycles. The Labute approximate surface area is 334 Å². The number of benzene rings is 4. The summed E-state index contributed by atoms with van der Waals surface area (Å²) < 4.78 is 0. The van der Waals surface area contributed by atoms with Gasteiger partial charge in [0.05, 0.1) is 0 Å². The van der Waals surface area contributed by atoms with Crippen LogP contribution >= 0.6 is 11.3 Å². The van der Waals surface area contributed by atoms with Crippen molar-refractivity contribution in [1.29, 1.82) is 0 Å². The maximum absolute atomic E-state index is 14.4. The lowest BCUT2D eigenvalue weighted by atomic mass is 9.99. The summed E-state index contributed by atoms with van der Waals surface area (Å²) in [5, 5.41) is 25.7. The van der Waals surface area contributed by atoms with Crippen molar-refractivity contribution in [3.05, 3.63) is 148 Å². The lowest BCUT2D eigenvalue weighted by molar-refractivity contribution is -0.142. The minimum atomic E-state index is -1.35. The maximum Gasteiger partial charge on any atom is 0.326 e. The Kier molecular flexibility index (Phi) is 13.6. The summed E-state index contributed by atoms with van der Waals surface area (Å²) in [6.07, 6.45) is -0.261. The van der Waals surface area contributed by atoms with Gasteiger partial charge in [0.1, 0.15) is 24.2 Å². The van der Waals surface area contributed by atoms with Crippen LogP contribution in [-0.4, -0.2) is 64.8 Å². The number of carboxylic acids is 1. The van der Waals surface area contributed by atoms with Crippen LogP contribution in [0.5, 0.6) is 0 Å². The van der Waals surface area contributed by atoms with Crippen LogP contribution in [0, 0.1) is 0 Å². The molecule has 6 N–H and O–H groups in total. The number of hydrogen-bond donors (Lipinski definition) is 6. The number of fused-ring (bicyclic) bond motifs is 18. The van der Waals surface area contributed by atoms with Gasteiger partial charge in [0.2, 0.25) is 29.5 Å². The average Bonchev–Trinajstić information content (AvgIpc) is 3.73. The van der Waals surface area contributed by atoms with Gasteiger partial charge < -0.3 is 31.7 Å². The van der Waals surface area contributed by atoms with Crippen LogP contribution in [0.25, 0.3) is 11.1 Å². The molecular weight excluding hydrogens is 743 g/mol. The van der Waals surface area contributed by atoms with Crippen LogP contribution in [0.2, 0.25) is 0 Å². The van der Waals surface area contributed by atoms with E-state index in [2.05, 4.69) is 26.6 Å². The highest BCUT2D eigenvalue weighted by Gasteiger charge is 2.32. The standard InChI is InChI=1S/C44H43N5O7S/c50-39-21-22-40(51)46-37(27-34-12-7-23-57-34)43(54)48-36(25-29-13-17-32(18-14-29)31-10-5-2-6-11-31)41(52)47-35(24-28-8-3-1-4-9-28)42(53)49-38(44(55)56)26-30-15-19-33(45-39)20-16-30/h1-20,23,35-38H,21-22,24-27H2,(H,45,50)(H,46,51)(H,47,52)(H,48,54)(H,49,53)(H,55,56)/t35-,36-,37-,38-/m0/s1. The molecule has 12 nitrogen and oxygen atoms in total. The Hall–Kier alpha value is -6.60. The molecule has 0 spiro atoms. The third-order valence-corrected chi connectivity index (χ3v) is 10.5. The van der Waals surface area contributed by atoms with E-state index in [9.17, 15) is 33.9 Å². The van der Waals surface area contributed by atoms with Crippen LogP contribution in [0.3, 0.4) is 0 Å². The second-order valence-electron chi connectivity index (χ2n) is 13.8. The minimum absolute atomic E-state index is 0.0275. The van der Waals surface area contributed by atoms with Gasteiger partial charge in [-0.15, -0.1) is 11.3 Å². The Balaban J connectivity index is 1.34. The smallest absolute Gasteiger partial charge is 0.326 e. The average molecular weight is 786 g/mol. The summed E-state index contributed by atoms with van der Waals surface area (Å²) in [4.78, 5) is 81.8. The largest absolute Gasteiger partial charge is 0.480 e. The molecule has 7 rings (SSSR count). The van der Waals surface area contributed by atoms with Gasteiger partial charge in [-0.05, 0) is 51.4 Å². The molecule has 2 aliphatic rings. The number of nitrogens with one attached hydrogen (secondary N) is 5. The highest BCUT2D eigenvalue weighted by atomic mass is 32.1. The first-order valence-electron chi connectivity index (χ1n) is 18.6. The molecule has 5 aromatic rings. The highest BCUT2D eigenvalue weighted by molar-refractivity contribution is 7.09. The first-order chi connectivity index (χ1) is 27.6. The molecule has 0 unspecified atom stereocenters. The lowest BCUT2D eigenvalue weighted by Gasteiger charge is -2.26. The number of rotatable bonds is 8. The van der Waals surface area contributed by atoms with Crippen LogP contribution in [0.1, 0.15) is 34.4 Å². The van der Waals surface area contributed by atoms with E-state index in [-0.39, 0.29) is 38.5 Å². The molecule has 0 radical (unpaired) electrons. The van der Waals surface area contributed by atoms with Crippen molar-refractivity contribution >= 4 is 52.5 Å². The second kappa shape index (κ2) is 19.3. The summed E-state index contributed by atoms with van der Waals surface area (Å²) >= 11 is 1.41. The van der Waals surface area contributed by atoms with Crippen LogP contribution in [-0.2, 0) is 54.5 Å². The fourth-order valence-electron chi connectivity index (χ4n) is 6.50. The van der Waals surface area contributed by atoms with E-state index in [4.69, 9.17) is 0 Å². The van der Waals surface area contributed by atoms with E-state index in [1.807, 2.05) is 78.2 Å². The Morgan fingerprint density at radius 1 is 0.561 bits per heavy atom. The van der Waals surface area contributed by atoms with Crippen molar-refractivity contribution in [2.75, 3.05) is 5.32 Å². The van der Waals surface area contributed by atoms with Gasteiger partial charge in [-0.1, -0.05) is 103 Å². The van der Waals surface area contributed by atoms with Gasteiger partial charge in [0.25, 0.3) is 0 Å². The zero-order valence-electron chi connectivity index (χ0n) is 31.0. The number of thiophene rings is 1. The molecule has 57 heavy (non-hydrogen) atoms. The lowest BCUT2D eigenvalue weighted by Crippen LogP contribution is -2.59. The van der Waals surface area contributed by atoms with Gasteiger partial charge in [-0.3, -0.25) is 24.0 Å². The second-order valence-corrected chi connectivity index (χ2v) is 14.9. The number of amides is 5. The third-order valence-electron chi connectivity index (χ3n) is 9.56. The van der Waals surface area contributed by atoms with Crippen molar-refractivity contribution in [1.82, 2.24) is 21.3 Å². The maximum atomic E-state index is 14.4. The van der Waals surface area contributed by atoms with Crippen molar-refractivity contribution < 1.29 is 33.9 Å². The fourth-order valence-corrected chi connectivity index (χ4v) is 7.25. The summed E-state index contributed by atoms with van der Waals surface area (Å²) in [5.41, 5.74) is 4.40. The molecule has 0 fully saturated rings. The zero-order chi connectivity index (χ0) is 40.1. The molecule has 4 aromatic carbocycles. The van der Waals surface area contributed by atoms with Gasteiger partial charge in [0.15, 0.2) is 0 Å². The van der Waals surface area contributed by atoms with Crippen molar-refractivity contribution in [2.45, 2.75) is 62.7 Å².